The number of aromatic hydroxyl groups is 1. The maximum Gasteiger partial charge on any atom is 0.275 e. The number of pyridine rings is 1. The Balaban J connectivity index is 1.53. The van der Waals surface area contributed by atoms with Crippen LogP contribution in [0.15, 0.2) is 36.4 Å². The number of nitrogens with zero attached hydrogens (tertiary/aromatic N) is 4. The summed E-state index contributed by atoms with van der Waals surface area (Å²) in [5, 5.41) is 19.9. The van der Waals surface area contributed by atoms with E-state index in [1.165, 1.54) is 0 Å². The van der Waals surface area contributed by atoms with Crippen LogP contribution in [0.1, 0.15) is 10.5 Å². The highest BCUT2D eigenvalue weighted by Crippen LogP contribution is 2.24. The molecule has 1 fully saturated rings. The predicted molar refractivity (Wildman–Crippen MR) is 99.7 cm³/mol. The molecule has 1 aliphatic heterocycles. The first-order valence-electron chi connectivity index (χ1n) is 8.49. The third-order valence-corrected chi connectivity index (χ3v) is 4.57. The molecule has 4 rings (SSSR count). The molecule has 0 atom stereocenters. The van der Waals surface area contributed by atoms with Crippen LogP contribution in [0, 0.1) is 0 Å². The summed E-state index contributed by atoms with van der Waals surface area (Å²) >= 11 is 0. The highest BCUT2D eigenvalue weighted by Gasteiger charge is 2.18. The van der Waals surface area contributed by atoms with Gasteiger partial charge in [-0.2, -0.15) is 5.10 Å². The fraction of sp³-hybridized carbons (Fsp3) is 0.278. The first kappa shape index (κ1) is 16.3. The molecular weight excluding hydrogens is 332 g/mol. The van der Waals surface area contributed by atoms with Crippen LogP contribution in [0.2, 0.25) is 0 Å². The van der Waals surface area contributed by atoms with Gasteiger partial charge >= 0.3 is 0 Å². The summed E-state index contributed by atoms with van der Waals surface area (Å²) in [6.07, 6.45) is 0. The average Bonchev–Trinajstić information content (AvgIpc) is 3.04. The molecule has 8 nitrogen and oxygen atoms in total. The van der Waals surface area contributed by atoms with E-state index in [2.05, 4.69) is 37.3 Å². The fourth-order valence-electron chi connectivity index (χ4n) is 3.04. The van der Waals surface area contributed by atoms with E-state index in [9.17, 15) is 9.90 Å². The summed E-state index contributed by atoms with van der Waals surface area (Å²) in [5.74, 6) is 1.04. The Morgan fingerprint density at radius 1 is 1.19 bits per heavy atom. The van der Waals surface area contributed by atoms with Crippen molar-refractivity contribution in [2.24, 2.45) is 0 Å². The normalized spacial score (nSPS) is 15.3. The number of benzene rings is 1. The first-order valence-corrected chi connectivity index (χ1v) is 8.49. The summed E-state index contributed by atoms with van der Waals surface area (Å²) in [6.45, 7) is 3.73. The fourth-order valence-corrected chi connectivity index (χ4v) is 3.04. The molecule has 0 bridgehead atoms. The zero-order valence-electron chi connectivity index (χ0n) is 14.4. The van der Waals surface area contributed by atoms with Crippen LogP contribution in [0.5, 0.6) is 5.75 Å². The number of phenolic OH excluding ortho intramolecular Hbond substituents is 1. The van der Waals surface area contributed by atoms with Gasteiger partial charge in [0.25, 0.3) is 5.91 Å². The molecule has 0 saturated carbocycles. The van der Waals surface area contributed by atoms with Gasteiger partial charge in [-0.15, -0.1) is 0 Å². The van der Waals surface area contributed by atoms with Crippen LogP contribution in [0.4, 0.5) is 11.6 Å². The van der Waals surface area contributed by atoms with E-state index >= 15 is 0 Å². The Morgan fingerprint density at radius 3 is 2.81 bits per heavy atom. The van der Waals surface area contributed by atoms with Gasteiger partial charge in [-0.25, -0.2) is 4.98 Å². The van der Waals surface area contributed by atoms with Gasteiger partial charge in [0, 0.05) is 37.6 Å². The molecule has 2 aromatic heterocycles. The minimum atomic E-state index is -0.317. The lowest BCUT2D eigenvalue weighted by Crippen LogP contribution is -2.44. The van der Waals surface area contributed by atoms with Crippen molar-refractivity contribution in [3.8, 4) is 5.75 Å². The van der Waals surface area contributed by atoms with Crippen molar-refractivity contribution in [2.75, 3.05) is 43.4 Å². The van der Waals surface area contributed by atoms with Crippen LogP contribution >= 0.6 is 0 Å². The van der Waals surface area contributed by atoms with E-state index in [1.807, 2.05) is 12.1 Å². The Morgan fingerprint density at radius 2 is 2.00 bits per heavy atom. The second-order valence-electron chi connectivity index (χ2n) is 6.43. The van der Waals surface area contributed by atoms with Crippen LogP contribution < -0.4 is 10.2 Å². The Hall–Kier alpha value is -3.13. The summed E-state index contributed by atoms with van der Waals surface area (Å²) in [4.78, 5) is 21.6. The van der Waals surface area contributed by atoms with E-state index in [1.54, 1.807) is 24.3 Å². The number of aromatic amines is 1. The summed E-state index contributed by atoms with van der Waals surface area (Å²) in [7, 11) is 2.10. The van der Waals surface area contributed by atoms with Crippen LogP contribution in [-0.4, -0.2) is 64.3 Å². The minimum absolute atomic E-state index is 0.139. The van der Waals surface area contributed by atoms with E-state index < -0.39 is 0 Å². The van der Waals surface area contributed by atoms with Gasteiger partial charge in [0.2, 0.25) is 0 Å². The largest absolute Gasteiger partial charge is 0.508 e. The predicted octanol–water partition coefficient (Wildman–Crippen LogP) is 1.67. The Kier molecular flexibility index (Phi) is 4.18. The van der Waals surface area contributed by atoms with Gasteiger partial charge in [-0.05, 0) is 31.3 Å². The number of carbonyl (C=O) groups is 1. The van der Waals surface area contributed by atoms with E-state index in [-0.39, 0.29) is 11.7 Å². The number of aromatic nitrogens is 3. The van der Waals surface area contributed by atoms with Gasteiger partial charge in [0.05, 0.1) is 5.52 Å². The van der Waals surface area contributed by atoms with Crippen LogP contribution in [-0.2, 0) is 0 Å². The van der Waals surface area contributed by atoms with E-state index in [0.717, 1.165) is 37.4 Å². The third-order valence-electron chi connectivity index (χ3n) is 4.57. The number of rotatable bonds is 3. The van der Waals surface area contributed by atoms with Crippen molar-refractivity contribution in [2.45, 2.75) is 0 Å². The molecule has 0 unspecified atom stereocenters. The number of amides is 1. The van der Waals surface area contributed by atoms with Gasteiger partial charge in [-0.1, -0.05) is 6.07 Å². The lowest BCUT2D eigenvalue weighted by Gasteiger charge is -2.33. The molecule has 3 heterocycles. The smallest absolute Gasteiger partial charge is 0.275 e. The second kappa shape index (κ2) is 6.64. The number of H-pyrrole nitrogens is 1. The first-order chi connectivity index (χ1) is 12.6. The van der Waals surface area contributed by atoms with E-state index in [0.29, 0.717) is 17.0 Å². The van der Waals surface area contributed by atoms with Crippen molar-refractivity contribution in [1.82, 2.24) is 20.1 Å². The maximum atomic E-state index is 12.6. The van der Waals surface area contributed by atoms with Gasteiger partial charge in [0.15, 0.2) is 5.82 Å². The van der Waals surface area contributed by atoms with Crippen molar-refractivity contribution >= 4 is 28.4 Å². The Labute approximate surface area is 150 Å². The standard InChI is InChI=1S/C18H20N6O2/c1-23-7-9-24(10-8-23)16-4-2-3-14(19-16)18(26)20-17-13-6-5-12(25)11-15(13)21-22-17/h2-6,11,25H,7-10H2,1H3,(H2,20,21,22,26). The van der Waals surface area contributed by atoms with Crippen molar-refractivity contribution in [3.05, 3.63) is 42.1 Å². The van der Waals surface area contributed by atoms with Crippen molar-refractivity contribution in [3.63, 3.8) is 0 Å². The number of piperazine rings is 1. The average molecular weight is 352 g/mol. The molecule has 0 aliphatic carbocycles. The topological polar surface area (TPSA) is 97.4 Å². The number of hydrogen-bond acceptors (Lipinski definition) is 6. The van der Waals surface area contributed by atoms with Crippen LogP contribution in [0.25, 0.3) is 10.9 Å². The SMILES string of the molecule is CN1CCN(c2cccc(C(=O)Nc3n[nH]c4cc(O)ccc34)n2)CC1. The molecule has 1 saturated heterocycles. The molecule has 0 radical (unpaired) electrons. The van der Waals surface area contributed by atoms with Crippen molar-refractivity contribution < 1.29 is 9.90 Å². The van der Waals surface area contributed by atoms with Gasteiger partial charge < -0.3 is 20.2 Å². The second-order valence-corrected chi connectivity index (χ2v) is 6.43. The number of fused-ring (bicyclic) bond motifs is 1. The molecule has 3 N–H and O–H groups in total. The molecule has 26 heavy (non-hydrogen) atoms. The maximum absolute atomic E-state index is 12.6. The zero-order valence-corrected chi connectivity index (χ0v) is 14.4. The molecule has 1 aliphatic rings. The third kappa shape index (κ3) is 3.18. The lowest BCUT2D eigenvalue weighted by atomic mass is 10.2. The highest BCUT2D eigenvalue weighted by molar-refractivity contribution is 6.07. The molecule has 8 heteroatoms. The number of likely N-dealkylation sites (N-methyl/N-ethyl adjacent to an activating group) is 1. The number of phenols is 1. The van der Waals surface area contributed by atoms with Gasteiger partial charge in [-0.3, -0.25) is 9.89 Å². The number of anilines is 2. The molecule has 0 spiro atoms. The molecule has 1 amide bonds. The lowest BCUT2D eigenvalue weighted by molar-refractivity contribution is 0.102. The van der Waals surface area contributed by atoms with E-state index in [4.69, 9.17) is 0 Å². The quantitative estimate of drug-likeness (QED) is 0.663. The van der Waals surface area contributed by atoms with Crippen LogP contribution in [0.3, 0.4) is 0 Å². The summed E-state index contributed by atoms with van der Waals surface area (Å²) in [6, 6.07) is 10.3. The number of hydrogen-bond donors (Lipinski definition) is 3. The van der Waals surface area contributed by atoms with Gasteiger partial charge in [0.1, 0.15) is 17.3 Å². The number of carbonyl (C=O) groups excluding carboxylic acids is 1. The summed E-state index contributed by atoms with van der Waals surface area (Å²) in [5.41, 5.74) is 0.996. The Bertz CT molecular complexity index is 946. The molecule has 3 aromatic rings. The monoisotopic (exact) mass is 352 g/mol. The zero-order chi connectivity index (χ0) is 18.1. The molecular formula is C18H20N6O2. The number of nitrogens with one attached hydrogen (secondary N) is 2. The minimum Gasteiger partial charge on any atom is -0.508 e. The molecule has 1 aromatic carbocycles. The highest BCUT2D eigenvalue weighted by atomic mass is 16.3. The summed E-state index contributed by atoms with van der Waals surface area (Å²) < 4.78 is 0. The van der Waals surface area contributed by atoms with Crippen molar-refractivity contribution in [1.29, 1.82) is 0 Å². The molecule has 134 valence electrons.